The molecule has 6 N–H and O–H groups in total. The van der Waals surface area contributed by atoms with Crippen molar-refractivity contribution in [2.75, 3.05) is 23.7 Å². The second kappa shape index (κ2) is 14.8. The Morgan fingerprint density at radius 3 is 2.64 bits per heavy atom. The number of hydrogen-bond acceptors (Lipinski definition) is 9. The molecule has 14 nitrogen and oxygen atoms in total. The molecule has 7 rings (SSSR count). The Morgan fingerprint density at radius 1 is 1.06 bits per heavy atom. The number of benzene rings is 2. The predicted octanol–water partition coefficient (Wildman–Crippen LogP) is 3.92. The second-order valence-electron chi connectivity index (χ2n) is 14.5. The summed E-state index contributed by atoms with van der Waals surface area (Å²) in [5, 5.41) is 8.42. The van der Waals surface area contributed by atoms with Crippen LogP contribution in [0.25, 0.3) is 11.0 Å². The number of carbonyl (C=O) groups excluding carboxylic acids is 6. The lowest BCUT2D eigenvalue weighted by atomic mass is 9.75. The number of allylic oxidation sites excluding steroid dienone is 1. The van der Waals surface area contributed by atoms with E-state index in [1.54, 1.807) is 36.4 Å². The second-order valence-corrected chi connectivity index (χ2v) is 14.5. The van der Waals surface area contributed by atoms with E-state index in [0.717, 1.165) is 41.3 Å². The normalized spacial score (nSPS) is 23.0. The molecule has 1 aromatic heterocycles. The maximum absolute atomic E-state index is 13.3. The molecule has 0 bridgehead atoms. The number of piperidine rings is 1. The van der Waals surface area contributed by atoms with Crippen LogP contribution in [0.2, 0.25) is 0 Å². The predicted molar refractivity (Wildman–Crippen MR) is 197 cm³/mol. The van der Waals surface area contributed by atoms with Crippen LogP contribution in [0.4, 0.5) is 11.4 Å². The van der Waals surface area contributed by atoms with Crippen molar-refractivity contribution in [2.24, 2.45) is 11.1 Å². The Balaban J connectivity index is 0.889. The van der Waals surface area contributed by atoms with Crippen molar-refractivity contribution < 1.29 is 28.8 Å². The molecule has 0 saturated carbocycles. The molecule has 3 atom stereocenters. The smallest absolute Gasteiger partial charge is 0.264 e. The number of nitrogens with zero attached hydrogens (tertiary/aromatic N) is 3. The minimum atomic E-state index is -1.03. The number of imide groups is 2. The molecule has 3 aromatic rings. The first-order valence-electron chi connectivity index (χ1n) is 18.3. The summed E-state index contributed by atoms with van der Waals surface area (Å²) in [4.78, 5) is 87.8. The summed E-state index contributed by atoms with van der Waals surface area (Å²) in [5.41, 5.74) is 8.71. The van der Waals surface area contributed by atoms with Gasteiger partial charge in [-0.1, -0.05) is 37.1 Å². The number of aromatic amines is 1. The van der Waals surface area contributed by atoms with Gasteiger partial charge in [-0.25, -0.2) is 4.98 Å². The molecule has 0 radical (unpaired) electrons. The van der Waals surface area contributed by atoms with Gasteiger partial charge in [-0.05, 0) is 82.3 Å². The Hall–Kier alpha value is -5.63. The summed E-state index contributed by atoms with van der Waals surface area (Å²) < 4.78 is 0. The number of aromatic nitrogens is 2. The SMILES string of the molecule is C[C@H]1CCCN1Cc1nc2ccc(NC(=O)C3=CCC(CCCCCNc4cccc5c4C(=O)N(C4CCC(=O)NC4=O)C5=O)(C(N)=O)C=C3)cc2[nH]1. The van der Waals surface area contributed by atoms with Crippen molar-refractivity contribution in [1.29, 1.82) is 0 Å². The molecule has 3 aliphatic heterocycles. The Labute approximate surface area is 306 Å². The number of likely N-dealkylation sites (tertiary alicyclic amines) is 1. The van der Waals surface area contributed by atoms with E-state index in [2.05, 4.69) is 32.8 Å². The maximum Gasteiger partial charge on any atom is 0.264 e. The number of anilines is 2. The van der Waals surface area contributed by atoms with Gasteiger partial charge in [0.15, 0.2) is 0 Å². The quantitative estimate of drug-likeness (QED) is 0.128. The first-order valence-corrected chi connectivity index (χ1v) is 18.3. The van der Waals surface area contributed by atoms with Crippen molar-refractivity contribution >= 4 is 57.9 Å². The monoisotopic (exact) mass is 720 g/mol. The highest BCUT2D eigenvalue weighted by atomic mass is 16.2. The third-order valence-electron chi connectivity index (χ3n) is 10.9. The number of nitrogens with two attached hydrogens (primary N) is 1. The maximum atomic E-state index is 13.3. The summed E-state index contributed by atoms with van der Waals surface area (Å²) in [6.45, 7) is 4.58. The number of carbonyl (C=O) groups is 6. The van der Waals surface area contributed by atoms with Crippen molar-refractivity contribution in [3.05, 3.63) is 77.2 Å². The topological polar surface area (TPSA) is 200 Å². The van der Waals surface area contributed by atoms with E-state index in [1.807, 2.05) is 18.2 Å². The molecule has 2 unspecified atom stereocenters. The van der Waals surface area contributed by atoms with E-state index in [9.17, 15) is 28.8 Å². The van der Waals surface area contributed by atoms with Crippen LogP contribution in [0.15, 0.2) is 60.2 Å². The molecule has 4 heterocycles. The van der Waals surface area contributed by atoms with Crippen LogP contribution in [0.5, 0.6) is 0 Å². The van der Waals surface area contributed by atoms with Crippen molar-refractivity contribution in [3.8, 4) is 0 Å². The van der Waals surface area contributed by atoms with Gasteiger partial charge in [-0.2, -0.15) is 0 Å². The molecule has 276 valence electrons. The fourth-order valence-corrected chi connectivity index (χ4v) is 7.80. The molecule has 2 aromatic carbocycles. The molecule has 53 heavy (non-hydrogen) atoms. The number of nitrogens with one attached hydrogen (secondary N) is 4. The van der Waals surface area contributed by atoms with Gasteiger partial charge in [0.05, 0.1) is 34.1 Å². The zero-order chi connectivity index (χ0) is 37.3. The number of fused-ring (bicyclic) bond motifs is 2. The highest BCUT2D eigenvalue weighted by Crippen LogP contribution is 2.36. The molecule has 4 aliphatic rings. The van der Waals surface area contributed by atoms with Gasteiger partial charge in [0.2, 0.25) is 17.7 Å². The molecule has 6 amide bonds. The Bertz CT molecular complexity index is 2070. The van der Waals surface area contributed by atoms with Gasteiger partial charge in [-0.3, -0.25) is 43.9 Å². The number of amides is 6. The third-order valence-corrected chi connectivity index (χ3v) is 10.9. The minimum absolute atomic E-state index is 0.0537. The summed E-state index contributed by atoms with van der Waals surface area (Å²) in [6, 6.07) is 10.1. The van der Waals surface area contributed by atoms with Gasteiger partial charge < -0.3 is 21.4 Å². The number of H-pyrrole nitrogens is 1. The van der Waals surface area contributed by atoms with Gasteiger partial charge in [0, 0.05) is 36.0 Å². The first kappa shape index (κ1) is 35.8. The van der Waals surface area contributed by atoms with Crippen molar-refractivity contribution in [1.82, 2.24) is 25.1 Å². The number of imidazole rings is 1. The lowest BCUT2D eigenvalue weighted by Gasteiger charge is -2.29. The average molecular weight is 721 g/mol. The molecule has 2 saturated heterocycles. The van der Waals surface area contributed by atoms with E-state index < -0.39 is 41.0 Å². The van der Waals surface area contributed by atoms with Crippen LogP contribution >= 0.6 is 0 Å². The standard InChI is InChI=1S/C39H44N8O6/c1-23-7-6-20-46(23)22-31-43-27-11-10-25(21-29(27)44-31)42-34(49)24-14-17-39(18-15-24,38(40)53)16-3-2-4-19-41-28-9-5-8-26-33(28)37(52)47(36(26)51)30-12-13-32(48)45-35(30)50/h5,8-11,14-15,17,21,23,30,41H,2-4,6-7,12-13,16,18-20,22H2,1H3,(H2,40,53)(H,42,49)(H,43,44)(H,45,48,50)/t23-,30?,39?/m0/s1. The van der Waals surface area contributed by atoms with Gasteiger partial charge in [0.1, 0.15) is 11.9 Å². The zero-order valence-electron chi connectivity index (χ0n) is 29.7. The largest absolute Gasteiger partial charge is 0.384 e. The molecular formula is C39H44N8O6. The van der Waals surface area contributed by atoms with Crippen LogP contribution in [-0.2, 0) is 25.7 Å². The Morgan fingerprint density at radius 2 is 1.91 bits per heavy atom. The van der Waals surface area contributed by atoms with Crippen LogP contribution in [0.3, 0.4) is 0 Å². The average Bonchev–Trinajstić information content (AvgIpc) is 3.81. The molecule has 14 heteroatoms. The number of unbranched alkanes of at least 4 members (excludes halogenated alkanes) is 2. The van der Waals surface area contributed by atoms with Gasteiger partial charge in [-0.15, -0.1) is 0 Å². The number of rotatable bonds is 13. The van der Waals surface area contributed by atoms with E-state index in [4.69, 9.17) is 10.7 Å². The van der Waals surface area contributed by atoms with Crippen molar-refractivity contribution in [3.63, 3.8) is 0 Å². The fourth-order valence-electron chi connectivity index (χ4n) is 7.80. The molecule has 2 fully saturated rings. The summed E-state index contributed by atoms with van der Waals surface area (Å²) in [5.74, 6) is -2.01. The van der Waals surface area contributed by atoms with Gasteiger partial charge >= 0.3 is 0 Å². The van der Waals surface area contributed by atoms with E-state index >= 15 is 0 Å². The van der Waals surface area contributed by atoms with E-state index in [-0.39, 0.29) is 29.9 Å². The van der Waals surface area contributed by atoms with Gasteiger partial charge in [0.25, 0.3) is 17.7 Å². The Kier molecular flexibility index (Phi) is 9.97. The fraction of sp³-hybridized carbons (Fsp3) is 0.410. The lowest BCUT2D eigenvalue weighted by Crippen LogP contribution is -2.54. The number of primary amides is 1. The lowest BCUT2D eigenvalue weighted by molar-refractivity contribution is -0.136. The van der Waals surface area contributed by atoms with Crippen LogP contribution in [0.1, 0.15) is 91.3 Å². The first-order chi connectivity index (χ1) is 25.5. The van der Waals surface area contributed by atoms with E-state index in [0.29, 0.717) is 55.2 Å². The molecular weight excluding hydrogens is 676 g/mol. The number of hydrogen-bond donors (Lipinski definition) is 5. The minimum Gasteiger partial charge on any atom is -0.384 e. The molecule has 1 aliphatic carbocycles. The van der Waals surface area contributed by atoms with Crippen LogP contribution in [-0.4, -0.2) is 80.4 Å². The van der Waals surface area contributed by atoms with E-state index in [1.165, 1.54) is 12.8 Å². The van der Waals surface area contributed by atoms with Crippen LogP contribution < -0.4 is 21.7 Å². The third kappa shape index (κ3) is 7.23. The van der Waals surface area contributed by atoms with Crippen molar-refractivity contribution in [2.45, 2.75) is 83.3 Å². The summed E-state index contributed by atoms with van der Waals surface area (Å²) in [6.07, 6.45) is 10.7. The van der Waals surface area contributed by atoms with Crippen LogP contribution in [0, 0.1) is 5.41 Å². The summed E-state index contributed by atoms with van der Waals surface area (Å²) >= 11 is 0. The zero-order valence-corrected chi connectivity index (χ0v) is 29.7. The summed E-state index contributed by atoms with van der Waals surface area (Å²) in [7, 11) is 0. The highest BCUT2D eigenvalue weighted by molar-refractivity contribution is 6.25. The molecule has 0 spiro atoms. The highest BCUT2D eigenvalue weighted by Gasteiger charge is 2.45.